The van der Waals surface area contributed by atoms with Gasteiger partial charge >= 0.3 is 5.63 Å². The predicted octanol–water partition coefficient (Wildman–Crippen LogP) is 3.98. The van der Waals surface area contributed by atoms with E-state index in [1.54, 1.807) is 13.2 Å². The average Bonchev–Trinajstić information content (AvgIpc) is 3.30. The minimum Gasteiger partial charge on any atom is -0.497 e. The fourth-order valence-electron chi connectivity index (χ4n) is 5.37. The maximum atomic E-state index is 12.5. The Morgan fingerprint density at radius 2 is 2.14 bits per heavy atom. The Balaban J connectivity index is 1.42. The number of benzene rings is 1. The number of methoxy groups -OCH3 is 1. The topological polar surface area (TPSA) is 68.5 Å². The van der Waals surface area contributed by atoms with E-state index in [1.807, 2.05) is 19.1 Å². The van der Waals surface area contributed by atoms with Crippen molar-refractivity contribution in [2.45, 2.75) is 58.4 Å². The summed E-state index contributed by atoms with van der Waals surface area (Å²) in [4.78, 5) is 24.9. The van der Waals surface area contributed by atoms with Crippen molar-refractivity contribution >= 4 is 16.9 Å². The van der Waals surface area contributed by atoms with Gasteiger partial charge in [-0.05, 0) is 75.0 Å². The van der Waals surface area contributed by atoms with Crippen molar-refractivity contribution in [3.05, 3.63) is 39.7 Å². The molecule has 0 aliphatic heterocycles. The van der Waals surface area contributed by atoms with Gasteiger partial charge in [-0.25, -0.2) is 4.79 Å². The second kappa shape index (κ2) is 7.61. The highest BCUT2D eigenvalue weighted by atomic mass is 16.5. The first-order valence-electron chi connectivity index (χ1n) is 10.4. The molecular weight excluding hydrogens is 354 g/mol. The Labute approximate surface area is 165 Å². The van der Waals surface area contributed by atoms with Crippen LogP contribution in [0.2, 0.25) is 0 Å². The number of aryl methyl sites for hydroxylation is 1. The highest BCUT2D eigenvalue weighted by molar-refractivity contribution is 5.82. The molecule has 5 heteroatoms. The standard InChI is InChI=1S/C23H29NO4/c1-13-18-7-6-17(27-3)12-21(18)28-23(26)19(13)8-9-22(25)24-14(2)20-11-15-4-5-16(20)10-15/h6-7,12,14-16,20H,4-5,8-11H2,1-3H3,(H,24,25)/t14-,15-,16-,20+/m0/s1. The van der Waals surface area contributed by atoms with Gasteiger partial charge < -0.3 is 14.5 Å². The third-order valence-corrected chi connectivity index (χ3v) is 6.92. The molecule has 2 fully saturated rings. The number of amides is 1. The lowest BCUT2D eigenvalue weighted by Gasteiger charge is -2.28. The maximum absolute atomic E-state index is 12.5. The van der Waals surface area contributed by atoms with E-state index in [0.717, 1.165) is 22.8 Å². The van der Waals surface area contributed by atoms with Gasteiger partial charge in [0.25, 0.3) is 0 Å². The molecule has 2 saturated carbocycles. The van der Waals surface area contributed by atoms with E-state index in [2.05, 4.69) is 12.2 Å². The molecule has 5 nitrogen and oxygen atoms in total. The quantitative estimate of drug-likeness (QED) is 0.766. The molecule has 1 aromatic carbocycles. The number of ether oxygens (including phenoxy) is 1. The molecule has 2 aliphatic carbocycles. The van der Waals surface area contributed by atoms with Crippen molar-refractivity contribution in [2.75, 3.05) is 7.11 Å². The Kier molecular flexibility index (Phi) is 5.17. The van der Waals surface area contributed by atoms with Gasteiger partial charge in [-0.15, -0.1) is 0 Å². The van der Waals surface area contributed by atoms with Gasteiger partial charge in [0, 0.05) is 29.5 Å². The van der Waals surface area contributed by atoms with Crippen molar-refractivity contribution in [1.29, 1.82) is 0 Å². The van der Waals surface area contributed by atoms with Crippen LogP contribution >= 0.6 is 0 Å². The molecule has 2 aliphatic rings. The average molecular weight is 383 g/mol. The first kappa shape index (κ1) is 19.0. The van der Waals surface area contributed by atoms with Crippen molar-refractivity contribution in [2.24, 2.45) is 17.8 Å². The van der Waals surface area contributed by atoms with Crippen molar-refractivity contribution in [3.63, 3.8) is 0 Å². The number of hydrogen-bond acceptors (Lipinski definition) is 4. The SMILES string of the molecule is COc1ccc2c(C)c(CCC(=O)N[C@@H](C)[C@H]3C[C@H]4CC[C@H]3C4)c(=O)oc2c1. The second-order valence-electron chi connectivity index (χ2n) is 8.55. The first-order valence-corrected chi connectivity index (χ1v) is 10.4. The van der Waals surface area contributed by atoms with Crippen LogP contribution in [0.1, 0.15) is 50.2 Å². The zero-order valence-electron chi connectivity index (χ0n) is 16.9. The highest BCUT2D eigenvalue weighted by Crippen LogP contribution is 2.49. The number of nitrogens with one attached hydrogen (secondary N) is 1. The van der Waals surface area contributed by atoms with Gasteiger partial charge in [-0.3, -0.25) is 4.79 Å². The third-order valence-electron chi connectivity index (χ3n) is 6.92. The van der Waals surface area contributed by atoms with Crippen molar-refractivity contribution in [1.82, 2.24) is 5.32 Å². The molecule has 28 heavy (non-hydrogen) atoms. The van der Waals surface area contributed by atoms with Gasteiger partial charge in [0.15, 0.2) is 0 Å². The fourth-order valence-corrected chi connectivity index (χ4v) is 5.37. The minimum atomic E-state index is -0.368. The Bertz CT molecular complexity index is 948. The summed E-state index contributed by atoms with van der Waals surface area (Å²) in [5.41, 5.74) is 1.61. The molecule has 1 amide bonds. The third kappa shape index (κ3) is 3.54. The number of carbonyl (C=O) groups is 1. The first-order chi connectivity index (χ1) is 13.5. The summed E-state index contributed by atoms with van der Waals surface area (Å²) >= 11 is 0. The van der Waals surface area contributed by atoms with E-state index >= 15 is 0 Å². The van der Waals surface area contributed by atoms with E-state index in [4.69, 9.17) is 9.15 Å². The molecule has 150 valence electrons. The molecule has 1 heterocycles. The fraction of sp³-hybridized carbons (Fsp3) is 0.565. The zero-order chi connectivity index (χ0) is 19.8. The van der Waals surface area contributed by atoms with Gasteiger partial charge in [0.05, 0.1) is 7.11 Å². The van der Waals surface area contributed by atoms with Crippen LogP contribution < -0.4 is 15.7 Å². The summed E-state index contributed by atoms with van der Waals surface area (Å²) in [6, 6.07) is 5.68. The van der Waals surface area contributed by atoms with Gasteiger partial charge in [-0.1, -0.05) is 6.42 Å². The van der Waals surface area contributed by atoms with Crippen LogP contribution in [0.4, 0.5) is 0 Å². The Hall–Kier alpha value is -2.30. The molecule has 4 atom stereocenters. The normalized spacial score (nSPS) is 24.5. The molecule has 0 saturated heterocycles. The number of hydrogen-bond donors (Lipinski definition) is 1. The van der Waals surface area contributed by atoms with E-state index < -0.39 is 0 Å². The molecule has 0 radical (unpaired) electrons. The second-order valence-corrected chi connectivity index (χ2v) is 8.55. The zero-order valence-corrected chi connectivity index (χ0v) is 16.9. The monoisotopic (exact) mass is 383 g/mol. The lowest BCUT2D eigenvalue weighted by Crippen LogP contribution is -2.40. The van der Waals surface area contributed by atoms with Crippen LogP contribution in [0.15, 0.2) is 27.4 Å². The maximum Gasteiger partial charge on any atom is 0.339 e. The van der Waals surface area contributed by atoms with Crippen LogP contribution in [0.3, 0.4) is 0 Å². The molecule has 1 N–H and O–H groups in total. The van der Waals surface area contributed by atoms with Gasteiger partial charge in [0.2, 0.25) is 5.91 Å². The van der Waals surface area contributed by atoms with Crippen LogP contribution in [-0.4, -0.2) is 19.1 Å². The molecule has 2 aromatic rings. The summed E-state index contributed by atoms with van der Waals surface area (Å²) < 4.78 is 10.7. The summed E-state index contributed by atoms with van der Waals surface area (Å²) in [7, 11) is 1.58. The van der Waals surface area contributed by atoms with Crippen LogP contribution in [0.25, 0.3) is 11.0 Å². The summed E-state index contributed by atoms with van der Waals surface area (Å²) in [6.07, 6.45) is 5.97. The Morgan fingerprint density at radius 3 is 2.82 bits per heavy atom. The lowest BCUT2D eigenvalue weighted by molar-refractivity contribution is -0.122. The van der Waals surface area contributed by atoms with E-state index in [0.29, 0.717) is 35.7 Å². The number of fused-ring (bicyclic) bond motifs is 3. The van der Waals surface area contributed by atoms with Crippen molar-refractivity contribution in [3.8, 4) is 5.75 Å². The van der Waals surface area contributed by atoms with E-state index in [1.165, 1.54) is 25.7 Å². The molecule has 2 bridgehead atoms. The van der Waals surface area contributed by atoms with E-state index in [9.17, 15) is 9.59 Å². The van der Waals surface area contributed by atoms with Crippen LogP contribution in [0, 0.1) is 24.7 Å². The van der Waals surface area contributed by atoms with Crippen molar-refractivity contribution < 1.29 is 13.9 Å². The lowest BCUT2D eigenvalue weighted by atomic mass is 9.84. The number of rotatable bonds is 6. The van der Waals surface area contributed by atoms with Crippen LogP contribution in [0.5, 0.6) is 5.75 Å². The molecule has 0 spiro atoms. The summed E-state index contributed by atoms with van der Waals surface area (Å²) in [5, 5.41) is 4.06. The molecule has 1 aromatic heterocycles. The summed E-state index contributed by atoms with van der Waals surface area (Å²) in [6.45, 7) is 4.04. The van der Waals surface area contributed by atoms with Gasteiger partial charge in [0.1, 0.15) is 11.3 Å². The minimum absolute atomic E-state index is 0.0175. The Morgan fingerprint density at radius 1 is 1.32 bits per heavy atom. The molecule has 0 unspecified atom stereocenters. The van der Waals surface area contributed by atoms with Gasteiger partial charge in [-0.2, -0.15) is 0 Å². The smallest absolute Gasteiger partial charge is 0.339 e. The summed E-state index contributed by atoms with van der Waals surface area (Å²) in [5.74, 6) is 2.94. The van der Waals surface area contributed by atoms with E-state index in [-0.39, 0.29) is 17.6 Å². The number of carbonyl (C=O) groups excluding carboxylic acids is 1. The predicted molar refractivity (Wildman–Crippen MR) is 109 cm³/mol. The highest BCUT2D eigenvalue weighted by Gasteiger charge is 2.42. The van der Waals surface area contributed by atoms with Crippen LogP contribution in [-0.2, 0) is 11.2 Å². The largest absolute Gasteiger partial charge is 0.497 e. The molecule has 4 rings (SSSR count). The molecular formula is C23H29NO4.